The Kier molecular flexibility index (Phi) is 6.36. The largest absolute Gasteiger partial charge is 0.317 e. The number of nitrogens with zero attached hydrogens (tertiary/aromatic N) is 5. The van der Waals surface area contributed by atoms with Crippen molar-refractivity contribution in [2.24, 2.45) is 7.05 Å². The van der Waals surface area contributed by atoms with Gasteiger partial charge in [-0.1, -0.05) is 0 Å². The van der Waals surface area contributed by atoms with Gasteiger partial charge >= 0.3 is 0 Å². The molecule has 0 spiro atoms. The van der Waals surface area contributed by atoms with Crippen LogP contribution >= 0.6 is 11.8 Å². The zero-order valence-electron chi connectivity index (χ0n) is 14.7. The molecule has 2 aliphatic rings. The van der Waals surface area contributed by atoms with Crippen molar-refractivity contribution >= 4 is 11.8 Å². The van der Waals surface area contributed by atoms with Gasteiger partial charge in [0.05, 0.1) is 6.54 Å². The van der Waals surface area contributed by atoms with Crippen molar-refractivity contribution in [3.63, 3.8) is 0 Å². The minimum absolute atomic E-state index is 0.558. The number of thioether (sulfide) groups is 1. The molecule has 2 saturated heterocycles. The van der Waals surface area contributed by atoms with Gasteiger partial charge in [0.25, 0.3) is 0 Å². The van der Waals surface area contributed by atoms with Gasteiger partial charge in [0.1, 0.15) is 11.6 Å². The molecule has 1 atom stereocenters. The zero-order valence-corrected chi connectivity index (χ0v) is 15.5. The molecule has 6 heteroatoms. The van der Waals surface area contributed by atoms with Gasteiger partial charge in [0, 0.05) is 19.5 Å². The highest BCUT2D eigenvalue weighted by Crippen LogP contribution is 2.26. The van der Waals surface area contributed by atoms with E-state index >= 15 is 0 Å². The summed E-state index contributed by atoms with van der Waals surface area (Å²) in [6.45, 7) is 7.04. The van der Waals surface area contributed by atoms with Crippen molar-refractivity contribution in [2.45, 2.75) is 44.6 Å². The lowest BCUT2D eigenvalue weighted by Gasteiger charge is -2.32. The first-order valence-corrected chi connectivity index (χ1v) is 10.5. The van der Waals surface area contributed by atoms with Gasteiger partial charge < -0.3 is 9.47 Å². The highest BCUT2D eigenvalue weighted by Gasteiger charge is 2.26. The topological polar surface area (TPSA) is 37.2 Å². The fraction of sp³-hybridized carbons (Fsp3) is 0.882. The van der Waals surface area contributed by atoms with Crippen LogP contribution in [-0.4, -0.2) is 69.3 Å². The van der Waals surface area contributed by atoms with Crippen LogP contribution in [0.4, 0.5) is 0 Å². The summed E-state index contributed by atoms with van der Waals surface area (Å²) in [5, 5.41) is 9.07. The van der Waals surface area contributed by atoms with Crippen molar-refractivity contribution in [1.82, 2.24) is 24.6 Å². The Balaban J connectivity index is 1.58. The van der Waals surface area contributed by atoms with E-state index in [-0.39, 0.29) is 0 Å². The summed E-state index contributed by atoms with van der Waals surface area (Å²) < 4.78 is 2.27. The standard InChI is InChI=1S/C17H31N5S/c1-20-16(14-22-8-3-4-9-22)18-19-17(20)15-7-5-10-21(13-15)11-6-12-23-2/h15H,3-14H2,1-2H3/t15-/m1/s1. The Morgan fingerprint density at radius 2 is 1.87 bits per heavy atom. The molecule has 0 amide bonds. The second-order valence-electron chi connectivity index (χ2n) is 7.00. The number of hydrogen-bond acceptors (Lipinski definition) is 5. The molecule has 3 heterocycles. The summed E-state index contributed by atoms with van der Waals surface area (Å²) in [6.07, 6.45) is 8.71. The summed E-state index contributed by atoms with van der Waals surface area (Å²) in [4.78, 5) is 5.13. The second-order valence-corrected chi connectivity index (χ2v) is 7.99. The first kappa shape index (κ1) is 17.2. The van der Waals surface area contributed by atoms with Crippen LogP contribution in [0.1, 0.15) is 49.7 Å². The molecule has 0 bridgehead atoms. The summed E-state index contributed by atoms with van der Waals surface area (Å²) in [5.41, 5.74) is 0. The van der Waals surface area contributed by atoms with Crippen LogP contribution in [-0.2, 0) is 13.6 Å². The maximum absolute atomic E-state index is 4.57. The molecule has 5 nitrogen and oxygen atoms in total. The molecular weight excluding hydrogens is 306 g/mol. The molecule has 3 rings (SSSR count). The van der Waals surface area contributed by atoms with Crippen LogP contribution in [0.2, 0.25) is 0 Å². The predicted molar refractivity (Wildman–Crippen MR) is 96.9 cm³/mol. The molecular formula is C17H31N5S. The Hall–Kier alpha value is -0.590. The molecule has 0 aromatic carbocycles. The van der Waals surface area contributed by atoms with E-state index in [1.54, 1.807) is 0 Å². The van der Waals surface area contributed by atoms with E-state index in [9.17, 15) is 0 Å². The monoisotopic (exact) mass is 337 g/mol. The summed E-state index contributed by atoms with van der Waals surface area (Å²) in [5.74, 6) is 4.17. The highest BCUT2D eigenvalue weighted by molar-refractivity contribution is 7.98. The summed E-state index contributed by atoms with van der Waals surface area (Å²) >= 11 is 1.95. The molecule has 0 saturated carbocycles. The van der Waals surface area contributed by atoms with E-state index in [4.69, 9.17) is 0 Å². The van der Waals surface area contributed by atoms with E-state index in [2.05, 4.69) is 37.9 Å². The zero-order chi connectivity index (χ0) is 16.1. The number of piperidine rings is 1. The second kappa shape index (κ2) is 8.49. The smallest absolute Gasteiger partial charge is 0.146 e. The highest BCUT2D eigenvalue weighted by atomic mass is 32.2. The molecule has 1 aromatic heterocycles. The maximum Gasteiger partial charge on any atom is 0.146 e. The van der Waals surface area contributed by atoms with E-state index < -0.39 is 0 Å². The first-order valence-electron chi connectivity index (χ1n) is 9.09. The minimum Gasteiger partial charge on any atom is -0.317 e. The van der Waals surface area contributed by atoms with Crippen LogP contribution < -0.4 is 0 Å². The van der Waals surface area contributed by atoms with Crippen LogP contribution in [0.25, 0.3) is 0 Å². The molecule has 2 aliphatic heterocycles. The van der Waals surface area contributed by atoms with Gasteiger partial charge in [0.15, 0.2) is 0 Å². The van der Waals surface area contributed by atoms with Crippen LogP contribution in [0.3, 0.4) is 0 Å². The Morgan fingerprint density at radius 1 is 1.09 bits per heavy atom. The third-order valence-electron chi connectivity index (χ3n) is 5.26. The Bertz CT molecular complexity index is 483. The van der Waals surface area contributed by atoms with Crippen molar-refractivity contribution in [2.75, 3.05) is 44.7 Å². The summed E-state index contributed by atoms with van der Waals surface area (Å²) in [7, 11) is 2.16. The normalized spacial score (nSPS) is 23.7. The third-order valence-corrected chi connectivity index (χ3v) is 5.95. The molecule has 2 fully saturated rings. The molecule has 0 N–H and O–H groups in total. The molecule has 0 unspecified atom stereocenters. The number of aromatic nitrogens is 3. The number of rotatable bonds is 7. The molecule has 0 radical (unpaired) electrons. The molecule has 23 heavy (non-hydrogen) atoms. The fourth-order valence-corrected chi connectivity index (χ4v) is 4.33. The van der Waals surface area contributed by atoms with Crippen molar-refractivity contribution in [3.8, 4) is 0 Å². The van der Waals surface area contributed by atoms with Crippen molar-refractivity contribution < 1.29 is 0 Å². The Labute approximate surface area is 144 Å². The van der Waals surface area contributed by atoms with Gasteiger partial charge in [-0.3, -0.25) is 4.90 Å². The van der Waals surface area contributed by atoms with Crippen molar-refractivity contribution in [1.29, 1.82) is 0 Å². The summed E-state index contributed by atoms with van der Waals surface area (Å²) in [6, 6.07) is 0. The van der Waals surface area contributed by atoms with Gasteiger partial charge in [-0.15, -0.1) is 10.2 Å². The van der Waals surface area contributed by atoms with Gasteiger partial charge in [-0.05, 0) is 70.3 Å². The lowest BCUT2D eigenvalue weighted by Crippen LogP contribution is -2.36. The predicted octanol–water partition coefficient (Wildman–Crippen LogP) is 2.34. The average Bonchev–Trinajstić information content (AvgIpc) is 3.19. The average molecular weight is 338 g/mol. The fourth-order valence-electron chi connectivity index (χ4n) is 3.91. The Morgan fingerprint density at radius 3 is 2.65 bits per heavy atom. The van der Waals surface area contributed by atoms with E-state index in [0.717, 1.165) is 18.9 Å². The number of hydrogen-bond donors (Lipinski definition) is 0. The lowest BCUT2D eigenvalue weighted by molar-refractivity contribution is 0.203. The quantitative estimate of drug-likeness (QED) is 0.714. The van der Waals surface area contributed by atoms with Crippen LogP contribution in [0.5, 0.6) is 0 Å². The van der Waals surface area contributed by atoms with Crippen LogP contribution in [0, 0.1) is 0 Å². The van der Waals surface area contributed by atoms with Gasteiger partial charge in [-0.25, -0.2) is 0 Å². The number of likely N-dealkylation sites (tertiary alicyclic amines) is 2. The molecule has 1 aromatic rings. The first-order chi connectivity index (χ1) is 11.3. The van der Waals surface area contributed by atoms with Gasteiger partial charge in [0.2, 0.25) is 0 Å². The maximum atomic E-state index is 4.57. The molecule has 0 aliphatic carbocycles. The van der Waals surface area contributed by atoms with Crippen LogP contribution in [0.15, 0.2) is 0 Å². The molecule has 130 valence electrons. The van der Waals surface area contributed by atoms with Crippen molar-refractivity contribution in [3.05, 3.63) is 11.6 Å². The third kappa shape index (κ3) is 4.48. The van der Waals surface area contributed by atoms with E-state index in [1.165, 1.54) is 69.9 Å². The SMILES string of the molecule is CSCCCN1CCC[C@@H](c2nnc(CN3CCCC3)n2C)C1. The lowest BCUT2D eigenvalue weighted by atomic mass is 9.97. The van der Waals surface area contributed by atoms with E-state index in [0.29, 0.717) is 5.92 Å². The van der Waals surface area contributed by atoms with Gasteiger partial charge in [-0.2, -0.15) is 11.8 Å². The van der Waals surface area contributed by atoms with E-state index in [1.807, 2.05) is 11.8 Å². The minimum atomic E-state index is 0.558.